The number of amides is 1. The van der Waals surface area contributed by atoms with Crippen molar-refractivity contribution in [1.82, 2.24) is 14.5 Å². The van der Waals surface area contributed by atoms with Crippen LogP contribution in [0.3, 0.4) is 0 Å². The molecule has 0 spiro atoms. The molecular formula is C16H24N4O6. The van der Waals surface area contributed by atoms with Crippen LogP contribution in [-0.4, -0.2) is 39.4 Å². The quantitative estimate of drug-likeness (QED) is 0.498. The van der Waals surface area contributed by atoms with Crippen LogP contribution in [0.1, 0.15) is 38.1 Å². The number of anilines is 1. The second-order valence-corrected chi connectivity index (χ2v) is 6.94. The van der Waals surface area contributed by atoms with E-state index in [2.05, 4.69) is 5.32 Å². The fourth-order valence-corrected chi connectivity index (χ4v) is 1.93. The van der Waals surface area contributed by atoms with Gasteiger partial charge in [-0.3, -0.25) is 23.5 Å². The van der Waals surface area contributed by atoms with Gasteiger partial charge in [-0.2, -0.15) is 0 Å². The Morgan fingerprint density at radius 1 is 1.15 bits per heavy atom. The van der Waals surface area contributed by atoms with Crippen molar-refractivity contribution in [2.75, 3.05) is 12.3 Å². The molecule has 0 saturated carbocycles. The Morgan fingerprint density at radius 3 is 2.19 bits per heavy atom. The highest BCUT2D eigenvalue weighted by Crippen LogP contribution is 2.13. The van der Waals surface area contributed by atoms with Gasteiger partial charge in [0.2, 0.25) is 11.7 Å². The molecule has 0 aliphatic carbocycles. The Hall–Kier alpha value is -2.91. The van der Waals surface area contributed by atoms with E-state index in [0.717, 1.165) is 9.13 Å². The molecule has 0 aliphatic rings. The summed E-state index contributed by atoms with van der Waals surface area (Å²) in [7, 11) is 2.51. The Morgan fingerprint density at radius 2 is 1.69 bits per heavy atom. The van der Waals surface area contributed by atoms with E-state index in [1.165, 1.54) is 21.0 Å². The number of carbonyl (C=O) groups excluding carboxylic acids is 3. The molecule has 10 nitrogen and oxygen atoms in total. The van der Waals surface area contributed by atoms with Gasteiger partial charge in [-0.1, -0.05) is 20.8 Å². The van der Waals surface area contributed by atoms with Gasteiger partial charge in [0.25, 0.3) is 5.56 Å². The highest BCUT2D eigenvalue weighted by Gasteiger charge is 2.27. The number of nitrogens with two attached hydrogens (primary N) is 1. The minimum Gasteiger partial charge on any atom is -0.456 e. The number of hydrogen-bond donors (Lipinski definition) is 2. The van der Waals surface area contributed by atoms with E-state index in [4.69, 9.17) is 10.5 Å². The van der Waals surface area contributed by atoms with Crippen molar-refractivity contribution < 1.29 is 19.1 Å². The topological polar surface area (TPSA) is 142 Å². The normalized spacial score (nSPS) is 12.4. The van der Waals surface area contributed by atoms with Gasteiger partial charge in [-0.15, -0.1) is 0 Å². The number of aromatic nitrogens is 2. The monoisotopic (exact) mass is 368 g/mol. The van der Waals surface area contributed by atoms with Crippen molar-refractivity contribution in [2.24, 2.45) is 19.5 Å². The third-order valence-electron chi connectivity index (χ3n) is 3.72. The van der Waals surface area contributed by atoms with Crippen LogP contribution in [0, 0.1) is 5.41 Å². The molecular weight excluding hydrogens is 344 g/mol. The lowest BCUT2D eigenvalue weighted by molar-refractivity contribution is -0.147. The molecule has 26 heavy (non-hydrogen) atoms. The average molecular weight is 368 g/mol. The van der Waals surface area contributed by atoms with Gasteiger partial charge in [0.05, 0.1) is 0 Å². The van der Waals surface area contributed by atoms with Crippen LogP contribution in [0.25, 0.3) is 0 Å². The van der Waals surface area contributed by atoms with Gasteiger partial charge >= 0.3 is 11.7 Å². The number of nitrogens with zero attached hydrogens (tertiary/aromatic N) is 2. The van der Waals surface area contributed by atoms with Gasteiger partial charge in [0, 0.05) is 19.5 Å². The van der Waals surface area contributed by atoms with E-state index in [1.807, 2.05) is 0 Å². The van der Waals surface area contributed by atoms with Gasteiger partial charge in [0.15, 0.2) is 6.61 Å². The van der Waals surface area contributed by atoms with Crippen molar-refractivity contribution in [2.45, 2.75) is 33.7 Å². The molecule has 3 N–H and O–H groups in total. The molecule has 1 heterocycles. The number of hydrogen-bond acceptors (Lipinski definition) is 7. The predicted molar refractivity (Wildman–Crippen MR) is 93.7 cm³/mol. The molecule has 1 aromatic heterocycles. The Labute approximate surface area is 149 Å². The zero-order valence-electron chi connectivity index (χ0n) is 15.7. The summed E-state index contributed by atoms with van der Waals surface area (Å²) in [5.74, 6) is -2.35. The SMILES string of the molecule is C[C@@H](NC(=O)C(C)(C)C)C(=O)OCC(=O)c1c(N)n(C)c(=O)n(C)c1=O. The third kappa shape index (κ3) is 4.38. The van der Waals surface area contributed by atoms with Crippen LogP contribution < -0.4 is 22.3 Å². The highest BCUT2D eigenvalue weighted by molar-refractivity contribution is 6.01. The molecule has 0 unspecified atom stereocenters. The lowest BCUT2D eigenvalue weighted by atomic mass is 9.95. The van der Waals surface area contributed by atoms with E-state index in [1.54, 1.807) is 20.8 Å². The third-order valence-corrected chi connectivity index (χ3v) is 3.72. The smallest absolute Gasteiger partial charge is 0.332 e. The molecule has 0 aliphatic heterocycles. The number of nitrogen functional groups attached to an aromatic ring is 1. The molecule has 0 fully saturated rings. The minimum absolute atomic E-state index is 0.312. The van der Waals surface area contributed by atoms with Crippen molar-refractivity contribution in [3.63, 3.8) is 0 Å². The standard InChI is InChI=1S/C16H24N4O6/c1-8(18-14(24)16(2,3)4)13(23)26-7-9(21)10-11(17)19(5)15(25)20(6)12(10)22/h8H,7,17H2,1-6H3,(H,18,24)/t8-/m1/s1. The maximum absolute atomic E-state index is 12.2. The maximum Gasteiger partial charge on any atom is 0.332 e. The summed E-state index contributed by atoms with van der Waals surface area (Å²) in [4.78, 5) is 59.9. The number of ketones is 1. The van der Waals surface area contributed by atoms with E-state index in [0.29, 0.717) is 0 Å². The first-order valence-electron chi connectivity index (χ1n) is 7.85. The molecule has 0 bridgehead atoms. The van der Waals surface area contributed by atoms with Crippen LogP contribution in [0.4, 0.5) is 5.82 Å². The van der Waals surface area contributed by atoms with Crippen LogP contribution in [-0.2, 0) is 28.4 Å². The molecule has 0 saturated heterocycles. The molecule has 10 heteroatoms. The van der Waals surface area contributed by atoms with Gasteiger partial charge < -0.3 is 15.8 Å². The molecule has 0 aromatic carbocycles. The summed E-state index contributed by atoms with van der Waals surface area (Å²) in [6.45, 7) is 5.72. The molecule has 1 atom stereocenters. The lowest BCUT2D eigenvalue weighted by Crippen LogP contribution is -2.45. The summed E-state index contributed by atoms with van der Waals surface area (Å²) in [6.07, 6.45) is 0. The van der Waals surface area contributed by atoms with E-state index < -0.39 is 46.6 Å². The molecule has 0 radical (unpaired) electrons. The maximum atomic E-state index is 12.2. The first-order chi connectivity index (χ1) is 11.8. The Balaban J connectivity index is 2.88. The number of ether oxygens (including phenoxy) is 1. The van der Waals surface area contributed by atoms with Crippen LogP contribution in [0.5, 0.6) is 0 Å². The van der Waals surface area contributed by atoms with Crippen LogP contribution in [0.2, 0.25) is 0 Å². The number of nitrogens with one attached hydrogen (secondary N) is 1. The zero-order chi connectivity index (χ0) is 20.4. The number of esters is 1. The fourth-order valence-electron chi connectivity index (χ4n) is 1.93. The minimum atomic E-state index is -0.977. The summed E-state index contributed by atoms with van der Waals surface area (Å²) in [5.41, 5.74) is 2.98. The van der Waals surface area contributed by atoms with Gasteiger partial charge in [0.1, 0.15) is 17.4 Å². The molecule has 1 aromatic rings. The van der Waals surface area contributed by atoms with E-state index >= 15 is 0 Å². The van der Waals surface area contributed by atoms with Crippen molar-refractivity contribution in [3.05, 3.63) is 26.4 Å². The van der Waals surface area contributed by atoms with Crippen molar-refractivity contribution in [1.29, 1.82) is 0 Å². The molecule has 1 amide bonds. The lowest BCUT2D eigenvalue weighted by Gasteiger charge is -2.20. The van der Waals surface area contributed by atoms with Gasteiger partial charge in [-0.25, -0.2) is 9.59 Å². The predicted octanol–water partition coefficient (Wildman–Crippen LogP) is -1.06. The Bertz CT molecular complexity index is 859. The summed E-state index contributed by atoms with van der Waals surface area (Å²) in [5, 5.41) is 2.47. The second-order valence-electron chi connectivity index (χ2n) is 6.94. The zero-order valence-corrected chi connectivity index (χ0v) is 15.7. The van der Waals surface area contributed by atoms with Crippen molar-refractivity contribution >= 4 is 23.5 Å². The summed E-state index contributed by atoms with van der Waals surface area (Å²) >= 11 is 0. The Kier molecular flexibility index (Phi) is 6.13. The summed E-state index contributed by atoms with van der Waals surface area (Å²) in [6, 6.07) is -0.977. The van der Waals surface area contributed by atoms with Gasteiger partial charge in [-0.05, 0) is 6.92 Å². The first kappa shape index (κ1) is 21.1. The van der Waals surface area contributed by atoms with Crippen LogP contribution >= 0.6 is 0 Å². The highest BCUT2D eigenvalue weighted by atomic mass is 16.5. The van der Waals surface area contributed by atoms with Crippen LogP contribution in [0.15, 0.2) is 9.59 Å². The molecule has 144 valence electrons. The largest absolute Gasteiger partial charge is 0.456 e. The number of Topliss-reactive ketones (excluding diaryl/α,β-unsaturated/α-hetero) is 1. The number of carbonyl (C=O) groups is 3. The average Bonchev–Trinajstić information content (AvgIpc) is 2.55. The number of rotatable bonds is 5. The fraction of sp³-hybridized carbons (Fsp3) is 0.562. The molecule has 1 rings (SSSR count). The van der Waals surface area contributed by atoms with Crippen molar-refractivity contribution in [3.8, 4) is 0 Å². The second kappa shape index (κ2) is 7.54. The summed E-state index contributed by atoms with van der Waals surface area (Å²) < 4.78 is 6.54. The van der Waals surface area contributed by atoms with E-state index in [-0.39, 0.29) is 11.7 Å². The van der Waals surface area contributed by atoms with E-state index in [9.17, 15) is 24.0 Å². The first-order valence-corrected chi connectivity index (χ1v) is 7.85.